The van der Waals surface area contributed by atoms with Gasteiger partial charge in [-0.1, -0.05) is 23.4 Å². The van der Waals surface area contributed by atoms with E-state index < -0.39 is 24.1 Å². The minimum atomic E-state index is -0.935. The van der Waals surface area contributed by atoms with Crippen molar-refractivity contribution in [2.45, 2.75) is 53.8 Å². The van der Waals surface area contributed by atoms with Crippen LogP contribution in [-0.4, -0.2) is 70.0 Å². The molecule has 30 heavy (non-hydrogen) atoms. The molecule has 0 aliphatic carbocycles. The average molecular weight is 436 g/mol. The van der Waals surface area contributed by atoms with E-state index in [1.54, 1.807) is 27.7 Å². The van der Waals surface area contributed by atoms with E-state index >= 15 is 0 Å². The smallest absolute Gasteiger partial charge is 0.452 e. The van der Waals surface area contributed by atoms with Crippen LogP contribution in [0.2, 0.25) is 0 Å². The summed E-state index contributed by atoms with van der Waals surface area (Å²) in [5.74, 6) is -1.87. The topological polar surface area (TPSA) is 192 Å². The second-order valence-electron chi connectivity index (χ2n) is 5.68. The molecule has 0 aromatic rings. The standard InChI is InChI=1S/C8H14N2O4.2C4H6O2.C2H6O2/c1-5(2)13-7(11)9-10-8(12)14-6(3)4;2*1-3(2)4(5)6;3-1-2-4/h5-6H,1-4H3;2*1H2,2H3,(H,5,6);3-4H,1-2H2. The van der Waals surface area contributed by atoms with Gasteiger partial charge in [0.2, 0.25) is 0 Å². The molecule has 174 valence electrons. The SMILES string of the molecule is C=C(C)C(=O)O.C=C(C)C(=O)O.CC(C)OC(=O)N=NC(=O)OC(C)C.OCCO. The van der Waals surface area contributed by atoms with Crippen molar-refractivity contribution in [1.29, 1.82) is 0 Å². The molecule has 0 aliphatic heterocycles. The van der Waals surface area contributed by atoms with Crippen molar-refractivity contribution in [3.8, 4) is 0 Å². The third kappa shape index (κ3) is 39.8. The highest BCUT2D eigenvalue weighted by molar-refractivity contribution is 5.85. The molecule has 0 saturated carbocycles. The molecule has 0 aliphatic rings. The maximum absolute atomic E-state index is 10.8. The van der Waals surface area contributed by atoms with Crippen LogP contribution in [-0.2, 0) is 19.1 Å². The monoisotopic (exact) mass is 436 g/mol. The number of carboxylic acids is 2. The minimum Gasteiger partial charge on any atom is -0.478 e. The molecular formula is C18H32N2O10. The number of carbonyl (C=O) groups excluding carboxylic acids is 2. The first kappa shape index (κ1) is 34.4. The highest BCUT2D eigenvalue weighted by Gasteiger charge is 2.06. The van der Waals surface area contributed by atoms with Crippen LogP contribution in [0.1, 0.15) is 41.5 Å². The Bertz CT molecular complexity index is 510. The van der Waals surface area contributed by atoms with E-state index in [2.05, 4.69) is 32.9 Å². The molecule has 0 aromatic heterocycles. The number of aliphatic carboxylic acids is 2. The lowest BCUT2D eigenvalue weighted by Gasteiger charge is -2.03. The Balaban J connectivity index is -0.000000175. The van der Waals surface area contributed by atoms with Crippen LogP contribution in [0.3, 0.4) is 0 Å². The molecule has 0 heterocycles. The zero-order valence-corrected chi connectivity index (χ0v) is 18.1. The maximum atomic E-state index is 10.8. The van der Waals surface area contributed by atoms with Crippen molar-refractivity contribution >= 4 is 24.1 Å². The molecule has 0 fully saturated rings. The van der Waals surface area contributed by atoms with Gasteiger partial charge in [-0.3, -0.25) is 0 Å². The zero-order chi connectivity index (χ0) is 24.9. The van der Waals surface area contributed by atoms with Gasteiger partial charge in [-0.05, 0) is 41.5 Å². The van der Waals surface area contributed by atoms with Gasteiger partial charge in [-0.15, -0.1) is 0 Å². The highest BCUT2D eigenvalue weighted by atomic mass is 16.6. The van der Waals surface area contributed by atoms with E-state index in [1.165, 1.54) is 13.8 Å². The van der Waals surface area contributed by atoms with Crippen LogP contribution >= 0.6 is 0 Å². The first-order valence-corrected chi connectivity index (χ1v) is 8.44. The number of rotatable bonds is 5. The Morgan fingerprint density at radius 3 is 1.03 bits per heavy atom. The van der Waals surface area contributed by atoms with Crippen molar-refractivity contribution < 1.29 is 49.1 Å². The summed E-state index contributed by atoms with van der Waals surface area (Å²) in [6.45, 7) is 15.6. The van der Waals surface area contributed by atoms with Gasteiger partial charge in [-0.2, -0.15) is 0 Å². The summed E-state index contributed by atoms with van der Waals surface area (Å²) in [5, 5.41) is 37.0. The summed E-state index contributed by atoms with van der Waals surface area (Å²) in [5.41, 5.74) is 0.352. The Labute approximate surface area is 175 Å². The molecule has 0 rings (SSSR count). The molecule has 0 atom stereocenters. The molecule has 0 aromatic carbocycles. The van der Waals surface area contributed by atoms with Crippen molar-refractivity contribution in [2.24, 2.45) is 10.2 Å². The summed E-state index contributed by atoms with van der Waals surface area (Å²) in [7, 11) is 0. The van der Waals surface area contributed by atoms with E-state index in [1.807, 2.05) is 0 Å². The fourth-order valence-electron chi connectivity index (χ4n) is 0.532. The normalized spacial score (nSPS) is 9.13. The fourth-order valence-corrected chi connectivity index (χ4v) is 0.532. The number of ether oxygens (including phenoxy) is 2. The molecule has 0 saturated heterocycles. The van der Waals surface area contributed by atoms with Crippen LogP contribution in [0.15, 0.2) is 34.5 Å². The number of carboxylic acid groups (broad SMARTS) is 2. The third-order valence-electron chi connectivity index (χ3n) is 1.72. The van der Waals surface area contributed by atoms with Crippen LogP contribution in [0.4, 0.5) is 9.59 Å². The van der Waals surface area contributed by atoms with E-state index in [9.17, 15) is 19.2 Å². The number of hydrogen-bond acceptors (Lipinski definition) is 8. The van der Waals surface area contributed by atoms with Crippen LogP contribution in [0.25, 0.3) is 0 Å². The highest BCUT2D eigenvalue weighted by Crippen LogP contribution is 1.96. The van der Waals surface area contributed by atoms with Gasteiger partial charge < -0.3 is 29.9 Å². The number of nitrogens with zero attached hydrogens (tertiary/aromatic N) is 2. The molecule has 0 radical (unpaired) electrons. The van der Waals surface area contributed by atoms with Crippen molar-refractivity contribution in [1.82, 2.24) is 0 Å². The van der Waals surface area contributed by atoms with Crippen LogP contribution in [0, 0.1) is 0 Å². The van der Waals surface area contributed by atoms with E-state index in [4.69, 9.17) is 20.4 Å². The molecule has 12 nitrogen and oxygen atoms in total. The number of carbonyl (C=O) groups is 4. The van der Waals surface area contributed by atoms with Gasteiger partial charge in [0.25, 0.3) is 0 Å². The summed E-state index contributed by atoms with van der Waals surface area (Å²) in [6.07, 6.45) is -2.38. The lowest BCUT2D eigenvalue weighted by atomic mass is 10.4. The Morgan fingerprint density at radius 1 is 0.733 bits per heavy atom. The van der Waals surface area contributed by atoms with Gasteiger partial charge in [0.05, 0.1) is 25.4 Å². The first-order chi connectivity index (χ1) is 13.6. The molecular weight excluding hydrogens is 404 g/mol. The predicted molar refractivity (Wildman–Crippen MR) is 107 cm³/mol. The van der Waals surface area contributed by atoms with Gasteiger partial charge in [0.15, 0.2) is 0 Å². The molecule has 4 N–H and O–H groups in total. The van der Waals surface area contributed by atoms with Crippen molar-refractivity contribution in [2.75, 3.05) is 13.2 Å². The number of azo groups is 1. The summed E-state index contributed by atoms with van der Waals surface area (Å²) in [4.78, 5) is 40.7. The number of aliphatic hydroxyl groups excluding tert-OH is 2. The van der Waals surface area contributed by atoms with Crippen LogP contribution in [0.5, 0.6) is 0 Å². The van der Waals surface area contributed by atoms with Crippen molar-refractivity contribution in [3.63, 3.8) is 0 Å². The Hall–Kier alpha value is -3.12. The summed E-state index contributed by atoms with van der Waals surface area (Å²) < 4.78 is 9.20. The number of amides is 2. The number of aliphatic hydroxyl groups is 2. The largest absolute Gasteiger partial charge is 0.478 e. The van der Waals surface area contributed by atoms with Crippen LogP contribution < -0.4 is 0 Å². The average Bonchev–Trinajstić information content (AvgIpc) is 2.60. The van der Waals surface area contributed by atoms with E-state index in [-0.39, 0.29) is 36.6 Å². The molecule has 12 heteroatoms. The maximum Gasteiger partial charge on any atom is 0.452 e. The number of hydrogen-bond donors (Lipinski definition) is 4. The third-order valence-corrected chi connectivity index (χ3v) is 1.72. The van der Waals surface area contributed by atoms with Gasteiger partial charge in [0, 0.05) is 11.1 Å². The molecule has 0 unspecified atom stereocenters. The minimum absolute atomic E-state index is 0.125. The van der Waals surface area contributed by atoms with Gasteiger partial charge in [0.1, 0.15) is 0 Å². The second kappa shape index (κ2) is 22.2. The Morgan fingerprint density at radius 2 is 0.933 bits per heavy atom. The molecule has 0 bridgehead atoms. The van der Waals surface area contributed by atoms with E-state index in [0.29, 0.717) is 0 Å². The van der Waals surface area contributed by atoms with Crippen molar-refractivity contribution in [3.05, 3.63) is 24.3 Å². The summed E-state index contributed by atoms with van der Waals surface area (Å²) >= 11 is 0. The first-order valence-electron chi connectivity index (χ1n) is 8.44. The quantitative estimate of drug-likeness (QED) is 0.368. The lowest BCUT2D eigenvalue weighted by molar-refractivity contribution is -0.133. The summed E-state index contributed by atoms with van der Waals surface area (Å²) in [6, 6.07) is 0. The Kier molecular flexibility index (Phi) is 25.4. The fraction of sp³-hybridized carbons (Fsp3) is 0.556. The molecule has 2 amide bonds. The van der Waals surface area contributed by atoms with Gasteiger partial charge >= 0.3 is 24.1 Å². The lowest BCUT2D eigenvalue weighted by Crippen LogP contribution is -2.09. The molecule has 0 spiro atoms. The predicted octanol–water partition coefficient (Wildman–Crippen LogP) is 2.79. The van der Waals surface area contributed by atoms with E-state index in [0.717, 1.165) is 0 Å². The second-order valence-corrected chi connectivity index (χ2v) is 5.68. The zero-order valence-electron chi connectivity index (χ0n) is 18.1. The van der Waals surface area contributed by atoms with Gasteiger partial charge in [-0.25, -0.2) is 19.2 Å².